The maximum absolute atomic E-state index is 5.26. The fourth-order valence-corrected chi connectivity index (χ4v) is 1.60. The van der Waals surface area contributed by atoms with Gasteiger partial charge in [0.05, 0.1) is 7.11 Å². The minimum Gasteiger partial charge on any atom is -0.496 e. The first-order chi connectivity index (χ1) is 7.40. The molecule has 2 aromatic carbocycles. The molecule has 0 unspecified atom stereocenters. The zero-order valence-corrected chi connectivity index (χ0v) is 8.73. The summed E-state index contributed by atoms with van der Waals surface area (Å²) >= 11 is 0. The average Bonchev–Trinajstić information content (AvgIpc) is 2.31. The molecule has 0 heterocycles. The number of methoxy groups -OCH3 is 1. The van der Waals surface area contributed by atoms with Crippen LogP contribution in [0.3, 0.4) is 0 Å². The summed E-state index contributed by atoms with van der Waals surface area (Å²) in [6.07, 6.45) is 0.890. The van der Waals surface area contributed by atoms with E-state index in [0.717, 1.165) is 12.2 Å². The Morgan fingerprint density at radius 1 is 1.07 bits per heavy atom. The molecule has 0 aliphatic heterocycles. The second-order valence-electron chi connectivity index (χ2n) is 3.39. The SMILES string of the molecule is COc1[c]cccc1Cc1ccccc1. The van der Waals surface area contributed by atoms with Crippen LogP contribution in [0, 0.1) is 6.07 Å². The largest absolute Gasteiger partial charge is 0.496 e. The molecular formula is C14H13O. The van der Waals surface area contributed by atoms with Crippen LogP contribution >= 0.6 is 0 Å². The Morgan fingerprint density at radius 3 is 2.60 bits per heavy atom. The van der Waals surface area contributed by atoms with E-state index in [-0.39, 0.29) is 0 Å². The Hall–Kier alpha value is -1.76. The van der Waals surface area contributed by atoms with Crippen molar-refractivity contribution in [3.63, 3.8) is 0 Å². The van der Waals surface area contributed by atoms with Gasteiger partial charge in [-0.1, -0.05) is 48.5 Å². The summed E-state index contributed by atoms with van der Waals surface area (Å²) in [6, 6.07) is 19.4. The third-order valence-corrected chi connectivity index (χ3v) is 2.34. The maximum atomic E-state index is 5.26. The number of rotatable bonds is 3. The fourth-order valence-electron chi connectivity index (χ4n) is 1.60. The molecule has 0 fully saturated rings. The molecule has 75 valence electrons. The molecule has 0 aliphatic carbocycles. The van der Waals surface area contributed by atoms with E-state index in [4.69, 9.17) is 4.74 Å². The van der Waals surface area contributed by atoms with E-state index in [2.05, 4.69) is 36.4 Å². The van der Waals surface area contributed by atoms with Crippen LogP contribution in [0.5, 0.6) is 5.75 Å². The predicted molar refractivity (Wildman–Crippen MR) is 61.1 cm³/mol. The molecule has 0 saturated carbocycles. The molecule has 0 amide bonds. The van der Waals surface area contributed by atoms with Crippen molar-refractivity contribution >= 4 is 0 Å². The van der Waals surface area contributed by atoms with E-state index in [0.29, 0.717) is 0 Å². The van der Waals surface area contributed by atoms with Gasteiger partial charge in [-0.3, -0.25) is 0 Å². The highest BCUT2D eigenvalue weighted by Gasteiger charge is 2.02. The van der Waals surface area contributed by atoms with E-state index < -0.39 is 0 Å². The van der Waals surface area contributed by atoms with Crippen molar-refractivity contribution in [3.8, 4) is 5.75 Å². The molecule has 15 heavy (non-hydrogen) atoms. The molecule has 2 aromatic rings. The van der Waals surface area contributed by atoms with Crippen LogP contribution in [0.2, 0.25) is 0 Å². The molecule has 2 rings (SSSR count). The van der Waals surface area contributed by atoms with Crippen molar-refractivity contribution in [1.29, 1.82) is 0 Å². The monoisotopic (exact) mass is 197 g/mol. The van der Waals surface area contributed by atoms with Crippen molar-refractivity contribution in [3.05, 3.63) is 65.7 Å². The van der Waals surface area contributed by atoms with E-state index in [1.807, 2.05) is 18.2 Å². The Labute approximate surface area is 90.3 Å². The van der Waals surface area contributed by atoms with Crippen molar-refractivity contribution < 1.29 is 4.74 Å². The summed E-state index contributed by atoms with van der Waals surface area (Å²) in [5, 5.41) is 0. The van der Waals surface area contributed by atoms with E-state index in [9.17, 15) is 0 Å². The van der Waals surface area contributed by atoms with Gasteiger partial charge in [0.25, 0.3) is 0 Å². The Bertz CT molecular complexity index is 420. The average molecular weight is 197 g/mol. The zero-order valence-electron chi connectivity index (χ0n) is 8.73. The summed E-state index contributed by atoms with van der Waals surface area (Å²) < 4.78 is 5.26. The van der Waals surface area contributed by atoms with Crippen molar-refractivity contribution in [1.82, 2.24) is 0 Å². The molecule has 1 heteroatoms. The number of para-hydroxylation sites is 1. The van der Waals surface area contributed by atoms with Crippen LogP contribution < -0.4 is 4.74 Å². The lowest BCUT2D eigenvalue weighted by Gasteiger charge is -2.07. The highest BCUT2D eigenvalue weighted by Crippen LogP contribution is 2.19. The van der Waals surface area contributed by atoms with Crippen LogP contribution in [-0.2, 0) is 6.42 Å². The highest BCUT2D eigenvalue weighted by molar-refractivity contribution is 5.36. The van der Waals surface area contributed by atoms with Gasteiger partial charge in [-0.15, -0.1) is 0 Å². The van der Waals surface area contributed by atoms with E-state index in [1.165, 1.54) is 11.1 Å². The number of hydrogen-bond donors (Lipinski definition) is 0. The first-order valence-electron chi connectivity index (χ1n) is 4.97. The lowest BCUT2D eigenvalue weighted by Crippen LogP contribution is -1.93. The molecule has 0 N–H and O–H groups in total. The van der Waals surface area contributed by atoms with Crippen LogP contribution in [0.1, 0.15) is 11.1 Å². The Balaban J connectivity index is 2.24. The van der Waals surface area contributed by atoms with E-state index in [1.54, 1.807) is 7.11 Å². The Morgan fingerprint density at radius 2 is 1.87 bits per heavy atom. The molecule has 1 radical (unpaired) electrons. The van der Waals surface area contributed by atoms with Crippen LogP contribution in [0.15, 0.2) is 48.5 Å². The minimum atomic E-state index is 0.835. The van der Waals surface area contributed by atoms with Crippen molar-refractivity contribution in [2.45, 2.75) is 6.42 Å². The number of hydrogen-bond acceptors (Lipinski definition) is 1. The number of benzene rings is 2. The molecule has 0 spiro atoms. The summed E-state index contributed by atoms with van der Waals surface area (Å²) in [5.74, 6) is 0.835. The van der Waals surface area contributed by atoms with Gasteiger partial charge in [0.1, 0.15) is 5.75 Å². The lowest BCUT2D eigenvalue weighted by atomic mass is 10.0. The standard InChI is InChI=1S/C14H13O/c1-15-14-10-6-5-9-13(14)11-12-7-3-2-4-8-12/h2-9H,11H2,1H3. The Kier molecular flexibility index (Phi) is 3.03. The first kappa shape index (κ1) is 9.78. The van der Waals surface area contributed by atoms with Gasteiger partial charge in [-0.25, -0.2) is 0 Å². The molecule has 0 aromatic heterocycles. The quantitative estimate of drug-likeness (QED) is 0.734. The molecule has 0 aliphatic rings. The van der Waals surface area contributed by atoms with Gasteiger partial charge < -0.3 is 4.74 Å². The van der Waals surface area contributed by atoms with Crippen LogP contribution in [-0.4, -0.2) is 7.11 Å². The van der Waals surface area contributed by atoms with Gasteiger partial charge >= 0.3 is 0 Å². The van der Waals surface area contributed by atoms with Gasteiger partial charge in [0.2, 0.25) is 0 Å². The van der Waals surface area contributed by atoms with Crippen molar-refractivity contribution in [2.75, 3.05) is 7.11 Å². The summed E-state index contributed by atoms with van der Waals surface area (Å²) in [5.41, 5.74) is 2.46. The number of ether oxygens (including phenoxy) is 1. The van der Waals surface area contributed by atoms with Gasteiger partial charge in [0.15, 0.2) is 0 Å². The molecule has 1 nitrogen and oxygen atoms in total. The first-order valence-corrected chi connectivity index (χ1v) is 4.97. The maximum Gasteiger partial charge on any atom is 0.130 e. The summed E-state index contributed by atoms with van der Waals surface area (Å²) in [4.78, 5) is 0. The second-order valence-corrected chi connectivity index (χ2v) is 3.39. The topological polar surface area (TPSA) is 9.23 Å². The zero-order chi connectivity index (χ0) is 10.5. The molecule has 0 bridgehead atoms. The van der Waals surface area contributed by atoms with Gasteiger partial charge in [-0.05, 0) is 11.1 Å². The molecule has 0 saturated heterocycles. The van der Waals surface area contributed by atoms with Crippen LogP contribution in [0.25, 0.3) is 0 Å². The molecular weight excluding hydrogens is 184 g/mol. The summed E-state index contributed by atoms with van der Waals surface area (Å²) in [7, 11) is 1.68. The minimum absolute atomic E-state index is 0.835. The predicted octanol–water partition coefficient (Wildman–Crippen LogP) is 3.09. The molecule has 0 atom stereocenters. The van der Waals surface area contributed by atoms with Crippen LogP contribution in [0.4, 0.5) is 0 Å². The smallest absolute Gasteiger partial charge is 0.130 e. The van der Waals surface area contributed by atoms with Gasteiger partial charge in [0, 0.05) is 12.5 Å². The summed E-state index contributed by atoms with van der Waals surface area (Å²) in [6.45, 7) is 0. The highest BCUT2D eigenvalue weighted by atomic mass is 16.5. The third kappa shape index (κ3) is 2.38. The normalized spacial score (nSPS) is 9.93. The fraction of sp³-hybridized carbons (Fsp3) is 0.143. The van der Waals surface area contributed by atoms with E-state index >= 15 is 0 Å². The second kappa shape index (κ2) is 4.65. The lowest BCUT2D eigenvalue weighted by molar-refractivity contribution is 0.409. The van der Waals surface area contributed by atoms with Gasteiger partial charge in [-0.2, -0.15) is 0 Å². The van der Waals surface area contributed by atoms with Crippen molar-refractivity contribution in [2.24, 2.45) is 0 Å². The third-order valence-electron chi connectivity index (χ3n) is 2.34.